The average Bonchev–Trinajstić information content (AvgIpc) is 2.62. The fourth-order valence-electron chi connectivity index (χ4n) is 2.52. The summed E-state index contributed by atoms with van der Waals surface area (Å²) in [5, 5.41) is 2.57. The topological polar surface area (TPSA) is 77.4 Å². The van der Waals surface area contributed by atoms with Crippen LogP contribution in [0.15, 0.2) is 47.4 Å². The molecule has 0 saturated heterocycles. The summed E-state index contributed by atoms with van der Waals surface area (Å²) in [6.45, 7) is 1.25. The van der Waals surface area contributed by atoms with E-state index in [0.717, 1.165) is 11.6 Å². The lowest BCUT2D eigenvalue weighted by Crippen LogP contribution is -2.35. The summed E-state index contributed by atoms with van der Waals surface area (Å²) in [4.78, 5) is 35.8. The maximum atomic E-state index is 12.8. The third-order valence-corrected chi connectivity index (χ3v) is 4.04. The van der Waals surface area contributed by atoms with Gasteiger partial charge in [-0.15, -0.1) is 0 Å². The van der Waals surface area contributed by atoms with Crippen LogP contribution in [-0.4, -0.2) is 23.6 Å². The number of esters is 1. The van der Waals surface area contributed by atoms with Gasteiger partial charge in [0, 0.05) is 12.3 Å². The van der Waals surface area contributed by atoms with Crippen LogP contribution >= 0.6 is 0 Å². The molecular weight excluding hydrogens is 377 g/mol. The molecule has 0 aliphatic rings. The molecule has 1 amide bonds. The SMILES string of the molecule is COC(=O)C[C@@H](NC(=O)Cn1cc(C(F)(F)F)ccc1=O)c1ccc(C)cc1. The Morgan fingerprint density at radius 1 is 1.14 bits per heavy atom. The van der Waals surface area contributed by atoms with E-state index < -0.39 is 41.8 Å². The maximum Gasteiger partial charge on any atom is 0.417 e. The Balaban J connectivity index is 2.20. The van der Waals surface area contributed by atoms with Crippen LogP contribution in [0.25, 0.3) is 0 Å². The molecule has 2 aromatic rings. The Hall–Kier alpha value is -3.10. The Labute approximate surface area is 158 Å². The van der Waals surface area contributed by atoms with Gasteiger partial charge in [0.2, 0.25) is 5.91 Å². The predicted molar refractivity (Wildman–Crippen MR) is 94.4 cm³/mol. The largest absolute Gasteiger partial charge is 0.469 e. The molecule has 1 heterocycles. The van der Waals surface area contributed by atoms with Crippen LogP contribution in [0.5, 0.6) is 0 Å². The molecule has 1 aromatic heterocycles. The monoisotopic (exact) mass is 396 g/mol. The van der Waals surface area contributed by atoms with E-state index in [4.69, 9.17) is 0 Å². The molecule has 0 spiro atoms. The van der Waals surface area contributed by atoms with Gasteiger partial charge in [-0.05, 0) is 18.6 Å². The quantitative estimate of drug-likeness (QED) is 0.762. The molecule has 150 valence electrons. The zero-order valence-electron chi connectivity index (χ0n) is 15.2. The van der Waals surface area contributed by atoms with Crippen molar-refractivity contribution in [2.24, 2.45) is 0 Å². The molecule has 0 fully saturated rings. The summed E-state index contributed by atoms with van der Waals surface area (Å²) in [7, 11) is 1.21. The summed E-state index contributed by atoms with van der Waals surface area (Å²) in [6.07, 6.45) is -4.22. The van der Waals surface area contributed by atoms with Crippen molar-refractivity contribution in [3.05, 3.63) is 69.6 Å². The number of alkyl halides is 3. The number of rotatable bonds is 6. The minimum absolute atomic E-state index is 0.164. The number of pyridine rings is 1. The molecule has 9 heteroatoms. The normalized spacial score (nSPS) is 12.3. The van der Waals surface area contributed by atoms with E-state index in [1.54, 1.807) is 24.3 Å². The second kappa shape index (κ2) is 8.73. The molecule has 0 saturated carbocycles. The van der Waals surface area contributed by atoms with Crippen molar-refractivity contribution in [2.45, 2.75) is 32.1 Å². The van der Waals surface area contributed by atoms with Crippen molar-refractivity contribution in [2.75, 3.05) is 7.11 Å². The molecule has 0 unspecified atom stereocenters. The minimum atomic E-state index is -4.64. The molecule has 0 radical (unpaired) electrons. The Bertz CT molecular complexity index is 905. The third-order valence-electron chi connectivity index (χ3n) is 4.04. The molecule has 0 bridgehead atoms. The zero-order valence-corrected chi connectivity index (χ0v) is 15.2. The van der Waals surface area contributed by atoms with Crippen molar-refractivity contribution in [1.82, 2.24) is 9.88 Å². The Morgan fingerprint density at radius 2 is 1.79 bits per heavy atom. The van der Waals surface area contributed by atoms with Crippen molar-refractivity contribution in [3.8, 4) is 0 Å². The summed E-state index contributed by atoms with van der Waals surface area (Å²) in [5.74, 6) is -1.28. The van der Waals surface area contributed by atoms with E-state index >= 15 is 0 Å². The van der Waals surface area contributed by atoms with Crippen molar-refractivity contribution < 1.29 is 27.5 Å². The molecule has 1 aromatic carbocycles. The molecule has 1 atom stereocenters. The highest BCUT2D eigenvalue weighted by Crippen LogP contribution is 2.28. The number of aromatic nitrogens is 1. The lowest BCUT2D eigenvalue weighted by Gasteiger charge is -2.19. The number of hydrogen-bond donors (Lipinski definition) is 1. The molecule has 0 aliphatic carbocycles. The van der Waals surface area contributed by atoms with Crippen molar-refractivity contribution in [1.29, 1.82) is 0 Å². The van der Waals surface area contributed by atoms with Gasteiger partial charge in [0.05, 0.1) is 25.1 Å². The number of ether oxygens (including phenoxy) is 1. The van der Waals surface area contributed by atoms with Gasteiger partial charge in [-0.25, -0.2) is 0 Å². The number of benzene rings is 1. The van der Waals surface area contributed by atoms with Gasteiger partial charge in [-0.2, -0.15) is 13.2 Å². The van der Waals surface area contributed by atoms with Crippen LogP contribution in [0.1, 0.15) is 29.2 Å². The number of methoxy groups -OCH3 is 1. The van der Waals surface area contributed by atoms with E-state index in [2.05, 4.69) is 10.1 Å². The number of carbonyl (C=O) groups is 2. The Morgan fingerprint density at radius 3 is 2.36 bits per heavy atom. The van der Waals surface area contributed by atoms with Gasteiger partial charge in [0.1, 0.15) is 6.54 Å². The van der Waals surface area contributed by atoms with Gasteiger partial charge in [-0.3, -0.25) is 14.4 Å². The molecule has 1 N–H and O–H groups in total. The molecule has 2 rings (SSSR count). The first-order chi connectivity index (χ1) is 13.1. The second-order valence-electron chi connectivity index (χ2n) is 6.19. The van der Waals surface area contributed by atoms with E-state index in [9.17, 15) is 27.6 Å². The number of amides is 1. The van der Waals surface area contributed by atoms with E-state index in [1.165, 1.54) is 7.11 Å². The lowest BCUT2D eigenvalue weighted by atomic mass is 10.0. The van der Waals surface area contributed by atoms with Gasteiger partial charge in [-0.1, -0.05) is 29.8 Å². The number of halogens is 3. The summed E-state index contributed by atoms with van der Waals surface area (Å²) in [6, 6.07) is 7.69. The first-order valence-corrected chi connectivity index (χ1v) is 8.30. The summed E-state index contributed by atoms with van der Waals surface area (Å²) < 4.78 is 43.7. The van der Waals surface area contributed by atoms with Crippen LogP contribution in [0, 0.1) is 6.92 Å². The van der Waals surface area contributed by atoms with E-state index in [1.807, 2.05) is 6.92 Å². The van der Waals surface area contributed by atoms with Crippen LogP contribution in [0.2, 0.25) is 0 Å². The highest BCUT2D eigenvalue weighted by atomic mass is 19.4. The van der Waals surface area contributed by atoms with Crippen LogP contribution in [0.3, 0.4) is 0 Å². The first kappa shape index (κ1) is 21.2. The molecule has 0 aliphatic heterocycles. The second-order valence-corrected chi connectivity index (χ2v) is 6.19. The standard InChI is InChI=1S/C19H19F3N2O4/c1-12-3-5-13(6-4-12)15(9-18(27)28-2)23-16(25)11-24-10-14(19(20,21)22)7-8-17(24)26/h3-8,10,15H,9,11H2,1-2H3,(H,23,25)/t15-/m1/s1. The van der Waals surface area contributed by atoms with Crippen LogP contribution in [-0.2, 0) is 27.0 Å². The van der Waals surface area contributed by atoms with Crippen LogP contribution in [0.4, 0.5) is 13.2 Å². The lowest BCUT2D eigenvalue weighted by molar-refractivity contribution is -0.141. The zero-order chi connectivity index (χ0) is 20.9. The number of hydrogen-bond acceptors (Lipinski definition) is 4. The number of carbonyl (C=O) groups excluding carboxylic acids is 2. The minimum Gasteiger partial charge on any atom is -0.469 e. The Kier molecular flexibility index (Phi) is 6.61. The number of nitrogens with one attached hydrogen (secondary N) is 1. The van der Waals surface area contributed by atoms with Gasteiger partial charge in [0.25, 0.3) is 5.56 Å². The maximum absolute atomic E-state index is 12.8. The highest BCUT2D eigenvalue weighted by Gasteiger charge is 2.31. The van der Waals surface area contributed by atoms with Gasteiger partial charge in [0.15, 0.2) is 0 Å². The summed E-state index contributed by atoms with van der Waals surface area (Å²) >= 11 is 0. The van der Waals surface area contributed by atoms with Crippen molar-refractivity contribution in [3.63, 3.8) is 0 Å². The number of nitrogens with zero attached hydrogens (tertiary/aromatic N) is 1. The molecule has 28 heavy (non-hydrogen) atoms. The molecular formula is C19H19F3N2O4. The van der Waals surface area contributed by atoms with Gasteiger partial charge >= 0.3 is 12.1 Å². The average molecular weight is 396 g/mol. The van der Waals surface area contributed by atoms with Gasteiger partial charge < -0.3 is 14.6 Å². The van der Waals surface area contributed by atoms with Crippen LogP contribution < -0.4 is 10.9 Å². The third kappa shape index (κ3) is 5.70. The molecule has 6 nitrogen and oxygen atoms in total. The smallest absolute Gasteiger partial charge is 0.417 e. The predicted octanol–water partition coefficient (Wildman–Crippen LogP) is 2.60. The summed E-state index contributed by atoms with van der Waals surface area (Å²) in [5.41, 5.74) is -0.185. The fraction of sp³-hybridized carbons (Fsp3) is 0.316. The van der Waals surface area contributed by atoms with E-state index in [0.29, 0.717) is 22.4 Å². The highest BCUT2D eigenvalue weighted by molar-refractivity contribution is 5.78. The first-order valence-electron chi connectivity index (χ1n) is 8.30. The fourth-order valence-corrected chi connectivity index (χ4v) is 2.52. The van der Waals surface area contributed by atoms with Crippen molar-refractivity contribution >= 4 is 11.9 Å². The number of aryl methyl sites for hydroxylation is 1. The van der Waals surface area contributed by atoms with E-state index in [-0.39, 0.29) is 6.42 Å².